The van der Waals surface area contributed by atoms with Gasteiger partial charge in [-0.1, -0.05) is 13.8 Å². The van der Waals surface area contributed by atoms with E-state index in [0.717, 1.165) is 19.4 Å². The number of halogens is 1. The van der Waals surface area contributed by atoms with Crippen LogP contribution in [0.5, 0.6) is 0 Å². The van der Waals surface area contributed by atoms with Crippen molar-refractivity contribution >= 4 is 23.5 Å². The van der Waals surface area contributed by atoms with Crippen LogP contribution in [0.4, 0.5) is 11.9 Å². The van der Waals surface area contributed by atoms with Crippen molar-refractivity contribution in [2.75, 3.05) is 17.2 Å². The third-order valence-corrected chi connectivity index (χ3v) is 3.67. The van der Waals surface area contributed by atoms with Gasteiger partial charge in [0, 0.05) is 12.1 Å². The van der Waals surface area contributed by atoms with E-state index in [1.165, 1.54) is 19.3 Å². The Morgan fingerprint density at radius 3 is 2.44 bits per heavy atom. The second kappa shape index (κ2) is 5.69. The van der Waals surface area contributed by atoms with Crippen molar-refractivity contribution in [3.8, 4) is 0 Å². The molecule has 18 heavy (non-hydrogen) atoms. The number of hydrogen-bond donors (Lipinski definition) is 2. The molecule has 0 unspecified atom stereocenters. The van der Waals surface area contributed by atoms with Gasteiger partial charge in [0.05, 0.1) is 0 Å². The summed E-state index contributed by atoms with van der Waals surface area (Å²) >= 11 is 5.92. The molecule has 2 N–H and O–H groups in total. The van der Waals surface area contributed by atoms with Crippen molar-refractivity contribution in [1.82, 2.24) is 15.0 Å². The first-order valence-electron chi connectivity index (χ1n) is 6.61. The summed E-state index contributed by atoms with van der Waals surface area (Å²) in [7, 11) is 0. The van der Waals surface area contributed by atoms with Gasteiger partial charge in [-0.05, 0) is 43.7 Å². The van der Waals surface area contributed by atoms with E-state index in [2.05, 4.69) is 39.4 Å². The average molecular weight is 270 g/mol. The molecule has 1 aliphatic carbocycles. The lowest BCUT2D eigenvalue weighted by Gasteiger charge is -2.41. The minimum atomic E-state index is 0.159. The monoisotopic (exact) mass is 269 g/mol. The molecule has 0 aromatic carbocycles. The molecule has 1 aromatic heterocycles. The molecule has 100 valence electrons. The van der Waals surface area contributed by atoms with Crippen molar-refractivity contribution < 1.29 is 0 Å². The summed E-state index contributed by atoms with van der Waals surface area (Å²) < 4.78 is 0. The first kappa shape index (κ1) is 13.3. The quantitative estimate of drug-likeness (QED) is 0.831. The molecule has 6 heteroatoms. The van der Waals surface area contributed by atoms with Gasteiger partial charge in [0.2, 0.25) is 17.2 Å². The molecule has 1 aromatic rings. The predicted molar refractivity (Wildman–Crippen MR) is 74.1 cm³/mol. The highest BCUT2D eigenvalue weighted by Crippen LogP contribution is 2.37. The van der Waals surface area contributed by atoms with Crippen LogP contribution in [0, 0.1) is 0 Å². The van der Waals surface area contributed by atoms with E-state index in [-0.39, 0.29) is 10.8 Å². The Hall–Kier alpha value is -1.10. The Bertz CT molecular complexity index is 400. The van der Waals surface area contributed by atoms with E-state index in [0.29, 0.717) is 11.9 Å². The standard InChI is InChI=1S/C12H20ClN5/c1-3-8-14-10-15-9(13)16-11(17-10)18-12(4-2)6-5-7-12/h3-8H2,1-2H3,(H2,14,15,16,17,18). The molecule has 0 amide bonds. The maximum absolute atomic E-state index is 5.92. The molecule has 0 aliphatic heterocycles. The SMILES string of the molecule is CCCNc1nc(Cl)nc(NC2(CC)CCC2)n1. The van der Waals surface area contributed by atoms with E-state index in [1.54, 1.807) is 0 Å². The first-order chi connectivity index (χ1) is 8.67. The fourth-order valence-electron chi connectivity index (χ4n) is 2.13. The van der Waals surface area contributed by atoms with Crippen molar-refractivity contribution in [3.63, 3.8) is 0 Å². The fraction of sp³-hybridized carbons (Fsp3) is 0.750. The Balaban J connectivity index is 2.09. The summed E-state index contributed by atoms with van der Waals surface area (Å²) in [5, 5.41) is 6.77. The molecular weight excluding hydrogens is 250 g/mol. The summed E-state index contributed by atoms with van der Waals surface area (Å²) in [6.07, 6.45) is 5.70. The van der Waals surface area contributed by atoms with Crippen LogP contribution in [-0.2, 0) is 0 Å². The van der Waals surface area contributed by atoms with Gasteiger partial charge >= 0.3 is 0 Å². The van der Waals surface area contributed by atoms with Crippen LogP contribution < -0.4 is 10.6 Å². The lowest BCUT2D eigenvalue weighted by molar-refractivity contribution is 0.268. The number of anilines is 2. The maximum atomic E-state index is 5.92. The second-order valence-corrected chi connectivity index (χ2v) is 5.13. The van der Waals surface area contributed by atoms with Crippen LogP contribution in [-0.4, -0.2) is 27.0 Å². The van der Waals surface area contributed by atoms with Crippen LogP contribution in [0.25, 0.3) is 0 Å². The van der Waals surface area contributed by atoms with E-state index in [4.69, 9.17) is 11.6 Å². The molecule has 5 nitrogen and oxygen atoms in total. The number of aromatic nitrogens is 3. The molecule has 0 atom stereocenters. The van der Waals surface area contributed by atoms with Crippen molar-refractivity contribution in [2.45, 2.75) is 51.5 Å². The van der Waals surface area contributed by atoms with Crippen molar-refractivity contribution in [2.24, 2.45) is 0 Å². The van der Waals surface area contributed by atoms with E-state index in [9.17, 15) is 0 Å². The zero-order valence-electron chi connectivity index (χ0n) is 11.0. The van der Waals surface area contributed by atoms with Gasteiger partial charge in [0.1, 0.15) is 0 Å². The normalized spacial score (nSPS) is 17.1. The summed E-state index contributed by atoms with van der Waals surface area (Å²) in [4.78, 5) is 12.6. The van der Waals surface area contributed by atoms with Gasteiger partial charge in [-0.15, -0.1) is 0 Å². The Morgan fingerprint density at radius 1 is 1.17 bits per heavy atom. The predicted octanol–water partition coefficient (Wildman–Crippen LogP) is 3.09. The van der Waals surface area contributed by atoms with Crippen LogP contribution >= 0.6 is 11.6 Å². The molecule has 1 aliphatic rings. The molecular formula is C12H20ClN5. The summed E-state index contributed by atoms with van der Waals surface area (Å²) in [6.45, 7) is 5.11. The fourth-order valence-corrected chi connectivity index (χ4v) is 2.29. The largest absolute Gasteiger partial charge is 0.354 e. The van der Waals surface area contributed by atoms with Gasteiger partial charge in [-0.2, -0.15) is 15.0 Å². The lowest BCUT2D eigenvalue weighted by atomic mass is 9.75. The van der Waals surface area contributed by atoms with E-state index < -0.39 is 0 Å². The van der Waals surface area contributed by atoms with Crippen LogP contribution in [0.15, 0.2) is 0 Å². The molecule has 1 fully saturated rings. The smallest absolute Gasteiger partial charge is 0.229 e. The molecule has 0 radical (unpaired) electrons. The van der Waals surface area contributed by atoms with Crippen LogP contribution in [0.3, 0.4) is 0 Å². The zero-order chi connectivity index (χ0) is 13.0. The third kappa shape index (κ3) is 3.02. The van der Waals surface area contributed by atoms with Gasteiger partial charge < -0.3 is 10.6 Å². The molecule has 1 saturated carbocycles. The third-order valence-electron chi connectivity index (χ3n) is 3.51. The highest BCUT2D eigenvalue weighted by molar-refractivity contribution is 6.28. The molecule has 0 spiro atoms. The Labute approximate surface area is 113 Å². The lowest BCUT2D eigenvalue weighted by Crippen LogP contribution is -2.44. The average Bonchev–Trinajstić information content (AvgIpc) is 2.30. The van der Waals surface area contributed by atoms with Crippen LogP contribution in [0.1, 0.15) is 46.0 Å². The summed E-state index contributed by atoms with van der Waals surface area (Å²) in [6, 6.07) is 0. The molecule has 0 bridgehead atoms. The molecule has 1 heterocycles. The first-order valence-corrected chi connectivity index (χ1v) is 6.99. The zero-order valence-corrected chi connectivity index (χ0v) is 11.7. The van der Waals surface area contributed by atoms with Gasteiger partial charge in [0.15, 0.2) is 0 Å². The van der Waals surface area contributed by atoms with Gasteiger partial charge in [0.25, 0.3) is 0 Å². The highest BCUT2D eigenvalue weighted by Gasteiger charge is 2.35. The minimum Gasteiger partial charge on any atom is -0.354 e. The second-order valence-electron chi connectivity index (χ2n) is 4.79. The van der Waals surface area contributed by atoms with Crippen molar-refractivity contribution in [3.05, 3.63) is 5.28 Å². The van der Waals surface area contributed by atoms with Crippen LogP contribution in [0.2, 0.25) is 5.28 Å². The van der Waals surface area contributed by atoms with Gasteiger partial charge in [-0.3, -0.25) is 0 Å². The van der Waals surface area contributed by atoms with Gasteiger partial charge in [-0.25, -0.2) is 0 Å². The van der Waals surface area contributed by atoms with E-state index >= 15 is 0 Å². The summed E-state index contributed by atoms with van der Waals surface area (Å²) in [5.41, 5.74) is 0.159. The Kier molecular flexibility index (Phi) is 4.22. The number of nitrogens with one attached hydrogen (secondary N) is 2. The number of hydrogen-bond acceptors (Lipinski definition) is 5. The maximum Gasteiger partial charge on any atom is 0.229 e. The molecule has 2 rings (SSSR count). The number of nitrogens with zero attached hydrogens (tertiary/aromatic N) is 3. The Morgan fingerprint density at radius 2 is 1.89 bits per heavy atom. The topological polar surface area (TPSA) is 62.7 Å². The van der Waals surface area contributed by atoms with E-state index in [1.807, 2.05) is 0 Å². The molecule has 0 saturated heterocycles. The van der Waals surface area contributed by atoms with Crippen molar-refractivity contribution in [1.29, 1.82) is 0 Å². The number of rotatable bonds is 6. The highest BCUT2D eigenvalue weighted by atomic mass is 35.5. The summed E-state index contributed by atoms with van der Waals surface area (Å²) in [5.74, 6) is 1.13. The minimum absolute atomic E-state index is 0.159.